The molecule has 0 radical (unpaired) electrons. The number of H-pyrrole nitrogens is 1. The number of para-hydroxylation sites is 1. The molecule has 0 bridgehead atoms. The minimum atomic E-state index is -4.48. The molecule has 0 fully saturated rings. The Balaban J connectivity index is 1.63. The Labute approximate surface area is 201 Å². The summed E-state index contributed by atoms with van der Waals surface area (Å²) in [4.78, 5) is 14.0. The van der Waals surface area contributed by atoms with E-state index in [9.17, 15) is 18.3 Å². The third-order valence-corrected chi connectivity index (χ3v) is 6.44. The Bertz CT molecular complexity index is 1360. The SMILES string of the molecule is CCc1ccc(N2c3cccc(-c4nc5c(Br)cc(C(F)(F)F)cc5[nH]4)c3OCC2CO)nc1. The monoisotopic (exact) mass is 532 g/mol. The van der Waals surface area contributed by atoms with Crippen LogP contribution in [0.2, 0.25) is 0 Å². The molecule has 6 nitrogen and oxygen atoms in total. The van der Waals surface area contributed by atoms with Crippen LogP contribution in [0.25, 0.3) is 22.4 Å². The summed E-state index contributed by atoms with van der Waals surface area (Å²) in [5, 5.41) is 9.99. The van der Waals surface area contributed by atoms with Crippen molar-refractivity contribution in [1.82, 2.24) is 15.0 Å². The molecule has 34 heavy (non-hydrogen) atoms. The quantitative estimate of drug-likeness (QED) is 0.344. The molecule has 1 atom stereocenters. The number of hydrogen-bond donors (Lipinski definition) is 2. The molecule has 0 saturated carbocycles. The molecule has 0 spiro atoms. The van der Waals surface area contributed by atoms with Crippen LogP contribution in [0.5, 0.6) is 5.75 Å². The summed E-state index contributed by atoms with van der Waals surface area (Å²) in [5.41, 5.74) is 2.26. The number of imidazole rings is 1. The number of pyridine rings is 1. The van der Waals surface area contributed by atoms with Crippen LogP contribution in [-0.4, -0.2) is 39.3 Å². The van der Waals surface area contributed by atoms with Crippen molar-refractivity contribution in [3.8, 4) is 17.1 Å². The fourth-order valence-corrected chi connectivity index (χ4v) is 4.63. The molecule has 0 saturated heterocycles. The van der Waals surface area contributed by atoms with E-state index < -0.39 is 11.7 Å². The number of nitrogens with one attached hydrogen (secondary N) is 1. The minimum absolute atomic E-state index is 0.140. The number of rotatable bonds is 4. The van der Waals surface area contributed by atoms with Gasteiger partial charge in [-0.15, -0.1) is 0 Å². The molecule has 1 aliphatic rings. The number of aromatic amines is 1. The van der Waals surface area contributed by atoms with Gasteiger partial charge in [0, 0.05) is 10.7 Å². The first kappa shape index (κ1) is 22.7. The minimum Gasteiger partial charge on any atom is -0.488 e. The van der Waals surface area contributed by atoms with Gasteiger partial charge in [-0.2, -0.15) is 13.2 Å². The highest BCUT2D eigenvalue weighted by molar-refractivity contribution is 9.10. The number of aliphatic hydroxyl groups excluding tert-OH is 1. The number of ether oxygens (including phenoxy) is 1. The van der Waals surface area contributed by atoms with E-state index >= 15 is 0 Å². The highest BCUT2D eigenvalue weighted by atomic mass is 79.9. The summed E-state index contributed by atoms with van der Waals surface area (Å²) in [6.07, 6.45) is -1.81. The van der Waals surface area contributed by atoms with Crippen LogP contribution < -0.4 is 9.64 Å². The first-order chi connectivity index (χ1) is 16.3. The highest BCUT2D eigenvalue weighted by Gasteiger charge is 2.33. The molecule has 4 aromatic rings. The van der Waals surface area contributed by atoms with Gasteiger partial charge in [-0.3, -0.25) is 0 Å². The summed E-state index contributed by atoms with van der Waals surface area (Å²) < 4.78 is 46.1. The van der Waals surface area contributed by atoms with Crippen molar-refractivity contribution in [3.63, 3.8) is 0 Å². The van der Waals surface area contributed by atoms with Crippen molar-refractivity contribution in [3.05, 3.63) is 64.3 Å². The average molecular weight is 533 g/mol. The van der Waals surface area contributed by atoms with Crippen molar-refractivity contribution in [2.75, 3.05) is 18.1 Å². The normalized spacial score (nSPS) is 15.9. The summed E-state index contributed by atoms with van der Waals surface area (Å²) in [6, 6.07) is 11.1. The molecule has 1 unspecified atom stereocenters. The number of fused-ring (bicyclic) bond motifs is 2. The maximum Gasteiger partial charge on any atom is 0.416 e. The molecular formula is C24H20BrF3N4O2. The number of anilines is 2. The topological polar surface area (TPSA) is 74.3 Å². The molecule has 2 aromatic heterocycles. The van der Waals surface area contributed by atoms with E-state index in [4.69, 9.17) is 4.74 Å². The van der Waals surface area contributed by atoms with Gasteiger partial charge in [-0.05, 0) is 58.2 Å². The zero-order chi connectivity index (χ0) is 24.0. The molecule has 0 aliphatic carbocycles. The zero-order valence-corrected chi connectivity index (χ0v) is 19.6. The second kappa shape index (κ2) is 8.59. The highest BCUT2D eigenvalue weighted by Crippen LogP contribution is 2.44. The zero-order valence-electron chi connectivity index (χ0n) is 18.0. The van der Waals surface area contributed by atoms with Gasteiger partial charge in [0.2, 0.25) is 0 Å². The van der Waals surface area contributed by atoms with Crippen molar-refractivity contribution in [2.24, 2.45) is 0 Å². The molecule has 2 N–H and O–H groups in total. The molecule has 176 valence electrons. The third kappa shape index (κ3) is 3.90. The molecule has 1 aliphatic heterocycles. The van der Waals surface area contributed by atoms with Crippen LogP contribution in [0.3, 0.4) is 0 Å². The van der Waals surface area contributed by atoms with Crippen molar-refractivity contribution in [1.29, 1.82) is 0 Å². The maximum absolute atomic E-state index is 13.3. The number of halogens is 4. The van der Waals surface area contributed by atoms with Crippen LogP contribution in [0.4, 0.5) is 24.7 Å². The first-order valence-electron chi connectivity index (χ1n) is 10.7. The van der Waals surface area contributed by atoms with E-state index in [1.807, 2.05) is 36.1 Å². The van der Waals surface area contributed by atoms with Crippen LogP contribution in [-0.2, 0) is 12.6 Å². The van der Waals surface area contributed by atoms with Gasteiger partial charge in [0.15, 0.2) is 5.75 Å². The fraction of sp³-hybridized carbons (Fsp3) is 0.250. The van der Waals surface area contributed by atoms with Gasteiger partial charge in [0.1, 0.15) is 23.8 Å². The van der Waals surface area contributed by atoms with E-state index in [1.54, 1.807) is 12.3 Å². The van der Waals surface area contributed by atoms with Crippen LogP contribution in [0, 0.1) is 0 Å². The van der Waals surface area contributed by atoms with E-state index in [2.05, 4.69) is 30.9 Å². The number of nitrogens with zero attached hydrogens (tertiary/aromatic N) is 3. The second-order valence-corrected chi connectivity index (χ2v) is 8.84. The summed E-state index contributed by atoms with van der Waals surface area (Å²) in [5.74, 6) is 1.56. The number of benzene rings is 2. The van der Waals surface area contributed by atoms with E-state index in [0.29, 0.717) is 34.2 Å². The molecular weight excluding hydrogens is 513 g/mol. The van der Waals surface area contributed by atoms with Crippen molar-refractivity contribution >= 4 is 38.5 Å². The third-order valence-electron chi connectivity index (χ3n) is 5.84. The first-order valence-corrected chi connectivity index (χ1v) is 11.5. The van der Waals surface area contributed by atoms with Gasteiger partial charge in [0.05, 0.1) is 35.0 Å². The van der Waals surface area contributed by atoms with Crippen molar-refractivity contribution in [2.45, 2.75) is 25.6 Å². The lowest BCUT2D eigenvalue weighted by Crippen LogP contribution is -2.43. The lowest BCUT2D eigenvalue weighted by atomic mass is 10.1. The van der Waals surface area contributed by atoms with E-state index in [0.717, 1.165) is 24.1 Å². The molecule has 0 amide bonds. The van der Waals surface area contributed by atoms with E-state index in [1.165, 1.54) is 0 Å². The Morgan fingerprint density at radius 3 is 2.74 bits per heavy atom. The van der Waals surface area contributed by atoms with Crippen LogP contribution in [0.15, 0.2) is 53.1 Å². The summed E-state index contributed by atoms with van der Waals surface area (Å²) in [7, 11) is 0. The number of alkyl halides is 3. The lowest BCUT2D eigenvalue weighted by molar-refractivity contribution is -0.137. The fourth-order valence-electron chi connectivity index (χ4n) is 4.08. The standard InChI is InChI=1S/C24H20BrF3N4O2/c1-2-13-6-7-20(29-10-13)32-15(11-33)12-34-22-16(4-3-5-19(22)32)23-30-18-9-14(24(26,27)28)8-17(25)21(18)31-23/h3-10,15,33H,2,11-12H2,1H3,(H,30,31). The average Bonchev–Trinajstić information content (AvgIpc) is 3.27. The predicted molar refractivity (Wildman–Crippen MR) is 126 cm³/mol. The number of aliphatic hydroxyl groups is 1. The lowest BCUT2D eigenvalue weighted by Gasteiger charge is -2.37. The number of hydrogen-bond acceptors (Lipinski definition) is 5. The van der Waals surface area contributed by atoms with Crippen molar-refractivity contribution < 1.29 is 23.0 Å². The van der Waals surface area contributed by atoms with Gasteiger partial charge in [-0.1, -0.05) is 19.1 Å². The summed E-state index contributed by atoms with van der Waals surface area (Å²) >= 11 is 3.21. The van der Waals surface area contributed by atoms with Gasteiger partial charge < -0.3 is 19.7 Å². The summed E-state index contributed by atoms with van der Waals surface area (Å²) in [6.45, 7) is 2.12. The number of aryl methyl sites for hydroxylation is 1. The van der Waals surface area contributed by atoms with Gasteiger partial charge in [0.25, 0.3) is 0 Å². The Hall–Kier alpha value is -3.11. The Morgan fingerprint density at radius 1 is 1.24 bits per heavy atom. The predicted octanol–water partition coefficient (Wildman–Crippen LogP) is 5.86. The molecule has 10 heteroatoms. The van der Waals surface area contributed by atoms with Crippen LogP contribution in [0.1, 0.15) is 18.1 Å². The largest absolute Gasteiger partial charge is 0.488 e. The second-order valence-electron chi connectivity index (χ2n) is 7.99. The number of aromatic nitrogens is 3. The molecule has 3 heterocycles. The Kier molecular flexibility index (Phi) is 5.73. The van der Waals surface area contributed by atoms with Gasteiger partial charge >= 0.3 is 6.18 Å². The van der Waals surface area contributed by atoms with Crippen LogP contribution >= 0.6 is 15.9 Å². The molecule has 2 aromatic carbocycles. The Morgan fingerprint density at radius 2 is 2.06 bits per heavy atom. The smallest absolute Gasteiger partial charge is 0.416 e. The van der Waals surface area contributed by atoms with Gasteiger partial charge in [-0.25, -0.2) is 9.97 Å². The maximum atomic E-state index is 13.3. The van der Waals surface area contributed by atoms with E-state index in [-0.39, 0.29) is 29.2 Å². The molecule has 5 rings (SSSR count).